The number of fused-ring (bicyclic) bond motifs is 1. The summed E-state index contributed by atoms with van der Waals surface area (Å²) in [6.07, 6.45) is -1.93. The van der Waals surface area contributed by atoms with E-state index in [-0.39, 0.29) is 17.8 Å². The first-order valence-electron chi connectivity index (χ1n) is 6.62. The van der Waals surface area contributed by atoms with Crippen LogP contribution in [-0.4, -0.2) is 25.7 Å². The molecule has 0 aliphatic carbocycles. The Hall–Kier alpha value is -2.50. The van der Waals surface area contributed by atoms with E-state index in [0.29, 0.717) is 5.56 Å². The zero-order valence-corrected chi connectivity index (χ0v) is 11.9. The van der Waals surface area contributed by atoms with Crippen LogP contribution in [0.1, 0.15) is 35.3 Å². The van der Waals surface area contributed by atoms with E-state index < -0.39 is 18.3 Å². The molecule has 0 saturated carbocycles. The zero-order chi connectivity index (χ0) is 16.1. The molecule has 3 heterocycles. The van der Waals surface area contributed by atoms with Gasteiger partial charge in [-0.1, -0.05) is 0 Å². The summed E-state index contributed by atoms with van der Waals surface area (Å²) in [5.41, 5.74) is 1.57. The number of hydrogen-bond acceptors (Lipinski definition) is 4. The second kappa shape index (κ2) is 4.76. The summed E-state index contributed by atoms with van der Waals surface area (Å²) in [4.78, 5) is 0. The minimum absolute atomic E-state index is 0.0977. The molecule has 9 heteroatoms. The SMILES string of the molecule is Cc1c([C@H]2C[C@H](C(F)(F)F)n3ncc(C#N)c3N2)cnn1C. The summed E-state index contributed by atoms with van der Waals surface area (Å²) in [7, 11) is 1.73. The molecule has 0 saturated heterocycles. The molecule has 0 bridgehead atoms. The van der Waals surface area contributed by atoms with Crippen molar-refractivity contribution in [1.29, 1.82) is 5.26 Å². The number of alkyl halides is 3. The summed E-state index contributed by atoms with van der Waals surface area (Å²) in [6, 6.07) is -0.476. The number of aryl methyl sites for hydroxylation is 1. The van der Waals surface area contributed by atoms with Crippen molar-refractivity contribution >= 4 is 5.82 Å². The van der Waals surface area contributed by atoms with Crippen molar-refractivity contribution in [2.75, 3.05) is 5.32 Å². The van der Waals surface area contributed by atoms with E-state index in [1.165, 1.54) is 0 Å². The third kappa shape index (κ3) is 2.11. The third-order valence-corrected chi connectivity index (χ3v) is 4.01. The van der Waals surface area contributed by atoms with Gasteiger partial charge in [-0.15, -0.1) is 0 Å². The Morgan fingerprint density at radius 2 is 2.09 bits per heavy atom. The van der Waals surface area contributed by atoms with Gasteiger partial charge in [-0.25, -0.2) is 4.68 Å². The van der Waals surface area contributed by atoms with Crippen molar-refractivity contribution in [1.82, 2.24) is 19.6 Å². The van der Waals surface area contributed by atoms with Crippen LogP contribution >= 0.6 is 0 Å². The molecule has 1 aliphatic rings. The molecule has 1 aliphatic heterocycles. The molecule has 2 aromatic rings. The van der Waals surface area contributed by atoms with Crippen molar-refractivity contribution in [3.8, 4) is 6.07 Å². The van der Waals surface area contributed by atoms with Crippen molar-refractivity contribution in [2.24, 2.45) is 7.05 Å². The first-order chi connectivity index (χ1) is 10.3. The van der Waals surface area contributed by atoms with Gasteiger partial charge in [0, 0.05) is 24.7 Å². The van der Waals surface area contributed by atoms with Gasteiger partial charge >= 0.3 is 6.18 Å². The average Bonchev–Trinajstić information content (AvgIpc) is 3.01. The maximum atomic E-state index is 13.3. The second-order valence-electron chi connectivity index (χ2n) is 5.26. The summed E-state index contributed by atoms with van der Waals surface area (Å²) in [5, 5.41) is 19.8. The second-order valence-corrected chi connectivity index (χ2v) is 5.26. The highest BCUT2D eigenvalue weighted by molar-refractivity contribution is 5.54. The van der Waals surface area contributed by atoms with Crippen LogP contribution in [0.4, 0.5) is 19.0 Å². The molecule has 0 amide bonds. The van der Waals surface area contributed by atoms with Gasteiger partial charge in [0.2, 0.25) is 0 Å². The molecule has 1 N–H and O–H groups in total. The van der Waals surface area contributed by atoms with Gasteiger partial charge < -0.3 is 5.32 Å². The predicted molar refractivity (Wildman–Crippen MR) is 71.0 cm³/mol. The van der Waals surface area contributed by atoms with Crippen LogP contribution in [0.5, 0.6) is 0 Å². The standard InChI is InChI=1S/C13H13F3N6/c1-7-9(6-18-21(7)2)10-3-11(13(14,15)16)22-12(20-10)8(4-17)5-19-22/h5-6,10-11,20H,3H2,1-2H3/t10-,11-/m1/s1. The maximum absolute atomic E-state index is 13.3. The highest BCUT2D eigenvalue weighted by atomic mass is 19.4. The number of hydrogen-bond donors (Lipinski definition) is 1. The predicted octanol–water partition coefficient (Wildman–Crippen LogP) is 2.46. The number of aromatic nitrogens is 4. The molecule has 0 unspecified atom stereocenters. The van der Waals surface area contributed by atoms with Gasteiger partial charge in [0.05, 0.1) is 18.4 Å². The molecule has 22 heavy (non-hydrogen) atoms. The van der Waals surface area contributed by atoms with E-state index in [2.05, 4.69) is 15.5 Å². The van der Waals surface area contributed by atoms with Crippen molar-refractivity contribution < 1.29 is 13.2 Å². The quantitative estimate of drug-likeness (QED) is 0.878. The van der Waals surface area contributed by atoms with Gasteiger partial charge in [0.15, 0.2) is 6.04 Å². The van der Waals surface area contributed by atoms with E-state index in [1.54, 1.807) is 24.9 Å². The summed E-state index contributed by atoms with van der Waals surface area (Å²) < 4.78 is 42.5. The monoisotopic (exact) mass is 310 g/mol. The molecule has 0 spiro atoms. The molecule has 0 aromatic carbocycles. The molecule has 3 rings (SSSR count). The molecule has 0 fully saturated rings. The number of anilines is 1. The molecular formula is C13H13F3N6. The smallest absolute Gasteiger partial charge is 0.362 e. The van der Waals surface area contributed by atoms with Crippen LogP contribution in [0, 0.1) is 18.3 Å². The van der Waals surface area contributed by atoms with E-state index in [1.807, 2.05) is 6.07 Å². The summed E-state index contributed by atoms with van der Waals surface area (Å²) in [6.45, 7) is 1.80. The number of nitrogens with zero attached hydrogens (tertiary/aromatic N) is 5. The molecule has 116 valence electrons. The fourth-order valence-electron chi connectivity index (χ4n) is 2.71. The fourth-order valence-corrected chi connectivity index (χ4v) is 2.71. The summed E-state index contributed by atoms with van der Waals surface area (Å²) in [5.74, 6) is 0.101. The minimum atomic E-state index is -4.44. The third-order valence-electron chi connectivity index (χ3n) is 4.01. The lowest BCUT2D eigenvalue weighted by atomic mass is 9.97. The molecule has 6 nitrogen and oxygen atoms in total. The van der Waals surface area contributed by atoms with Crippen molar-refractivity contribution in [2.45, 2.75) is 31.6 Å². The van der Waals surface area contributed by atoms with Gasteiger partial charge in [0.1, 0.15) is 17.5 Å². The van der Waals surface area contributed by atoms with E-state index >= 15 is 0 Å². The Bertz CT molecular complexity index is 751. The van der Waals surface area contributed by atoms with Crippen LogP contribution < -0.4 is 5.32 Å². The number of nitriles is 1. The van der Waals surface area contributed by atoms with Crippen LogP contribution in [0.2, 0.25) is 0 Å². The average molecular weight is 310 g/mol. The maximum Gasteiger partial charge on any atom is 0.410 e. The topological polar surface area (TPSA) is 71.5 Å². The Kier molecular flexibility index (Phi) is 3.12. The number of rotatable bonds is 1. The molecular weight excluding hydrogens is 297 g/mol. The highest BCUT2D eigenvalue weighted by Crippen LogP contribution is 2.44. The lowest BCUT2D eigenvalue weighted by Gasteiger charge is -2.33. The normalized spacial score (nSPS) is 21.1. The molecule has 0 radical (unpaired) electrons. The van der Waals surface area contributed by atoms with Gasteiger partial charge in [0.25, 0.3) is 0 Å². The van der Waals surface area contributed by atoms with E-state index in [0.717, 1.165) is 16.6 Å². The Labute approximate surface area is 124 Å². The first kappa shape index (κ1) is 14.4. The van der Waals surface area contributed by atoms with Crippen molar-refractivity contribution in [3.05, 3.63) is 29.2 Å². The van der Waals surface area contributed by atoms with Crippen LogP contribution in [0.15, 0.2) is 12.4 Å². The van der Waals surface area contributed by atoms with Gasteiger partial charge in [-0.3, -0.25) is 4.68 Å². The zero-order valence-electron chi connectivity index (χ0n) is 11.9. The Balaban J connectivity index is 2.08. The Morgan fingerprint density at radius 3 is 2.64 bits per heavy atom. The van der Waals surface area contributed by atoms with Gasteiger partial charge in [-0.2, -0.15) is 28.6 Å². The van der Waals surface area contributed by atoms with Gasteiger partial charge in [-0.05, 0) is 6.92 Å². The lowest BCUT2D eigenvalue weighted by Crippen LogP contribution is -2.36. The number of nitrogens with one attached hydrogen (secondary N) is 1. The van der Waals surface area contributed by atoms with Crippen LogP contribution in [-0.2, 0) is 7.05 Å². The number of halogens is 3. The molecule has 2 atom stereocenters. The minimum Gasteiger partial charge on any atom is -0.362 e. The summed E-state index contributed by atoms with van der Waals surface area (Å²) >= 11 is 0. The lowest BCUT2D eigenvalue weighted by molar-refractivity contribution is -0.173. The Morgan fingerprint density at radius 1 is 1.36 bits per heavy atom. The molecule has 2 aromatic heterocycles. The van der Waals surface area contributed by atoms with Crippen LogP contribution in [0.25, 0.3) is 0 Å². The fraction of sp³-hybridized carbons (Fsp3) is 0.462. The van der Waals surface area contributed by atoms with E-state index in [4.69, 9.17) is 5.26 Å². The van der Waals surface area contributed by atoms with Crippen LogP contribution in [0.3, 0.4) is 0 Å². The first-order valence-corrected chi connectivity index (χ1v) is 6.62. The van der Waals surface area contributed by atoms with E-state index in [9.17, 15) is 13.2 Å². The highest BCUT2D eigenvalue weighted by Gasteiger charge is 2.47. The van der Waals surface area contributed by atoms with Crippen molar-refractivity contribution in [3.63, 3.8) is 0 Å². The largest absolute Gasteiger partial charge is 0.410 e.